The van der Waals surface area contributed by atoms with Crippen molar-refractivity contribution in [1.29, 1.82) is 0 Å². The van der Waals surface area contributed by atoms with Crippen LogP contribution in [0.4, 0.5) is 0 Å². The summed E-state index contributed by atoms with van der Waals surface area (Å²) in [4.78, 5) is 0. The van der Waals surface area contributed by atoms with E-state index in [1.165, 1.54) is 12.8 Å². The normalized spacial score (nSPS) is 16.8. The van der Waals surface area contributed by atoms with Crippen LogP contribution in [-0.2, 0) is 4.74 Å². The first-order chi connectivity index (χ1) is 8.29. The van der Waals surface area contributed by atoms with E-state index in [4.69, 9.17) is 15.2 Å². The lowest BCUT2D eigenvalue weighted by Gasteiger charge is -2.13. The highest BCUT2D eigenvalue weighted by molar-refractivity contribution is 5.30. The van der Waals surface area contributed by atoms with Crippen LogP contribution in [-0.4, -0.2) is 19.8 Å². The second kappa shape index (κ2) is 6.03. The topological polar surface area (TPSA) is 44.5 Å². The summed E-state index contributed by atoms with van der Waals surface area (Å²) in [7, 11) is 1.72. The molecule has 0 aromatic heterocycles. The van der Waals surface area contributed by atoms with Crippen molar-refractivity contribution < 1.29 is 9.47 Å². The van der Waals surface area contributed by atoms with E-state index in [-0.39, 0.29) is 6.04 Å². The minimum absolute atomic E-state index is 0.0768. The van der Waals surface area contributed by atoms with Gasteiger partial charge in [0.2, 0.25) is 0 Å². The Morgan fingerprint density at radius 3 is 2.94 bits per heavy atom. The van der Waals surface area contributed by atoms with Crippen molar-refractivity contribution in [2.45, 2.75) is 37.8 Å². The minimum Gasteiger partial charge on any atom is -0.490 e. The first kappa shape index (κ1) is 12.4. The molecule has 1 aromatic carbocycles. The lowest BCUT2D eigenvalue weighted by molar-refractivity contribution is 0.190. The maximum Gasteiger partial charge on any atom is 0.120 e. The Morgan fingerprint density at radius 1 is 1.41 bits per heavy atom. The Labute approximate surface area is 103 Å². The van der Waals surface area contributed by atoms with Gasteiger partial charge in [-0.3, -0.25) is 0 Å². The first-order valence-corrected chi connectivity index (χ1v) is 6.30. The van der Waals surface area contributed by atoms with E-state index < -0.39 is 0 Å². The maximum absolute atomic E-state index is 6.14. The monoisotopic (exact) mass is 235 g/mol. The Kier molecular flexibility index (Phi) is 4.40. The zero-order chi connectivity index (χ0) is 12.1. The van der Waals surface area contributed by atoms with Crippen molar-refractivity contribution in [3.05, 3.63) is 29.8 Å². The molecule has 1 aliphatic carbocycles. The minimum atomic E-state index is 0.0768. The molecule has 0 amide bonds. The lowest BCUT2D eigenvalue weighted by Crippen LogP contribution is -2.11. The van der Waals surface area contributed by atoms with E-state index in [2.05, 4.69) is 12.1 Å². The van der Waals surface area contributed by atoms with Crippen LogP contribution >= 0.6 is 0 Å². The number of hydrogen-bond donors (Lipinski definition) is 1. The number of rotatable bonds is 7. The van der Waals surface area contributed by atoms with Gasteiger partial charge < -0.3 is 15.2 Å². The maximum atomic E-state index is 6.14. The summed E-state index contributed by atoms with van der Waals surface area (Å²) in [5.74, 6) is 0.951. The van der Waals surface area contributed by atoms with Crippen LogP contribution in [0.3, 0.4) is 0 Å². The number of benzene rings is 1. The Hall–Kier alpha value is -1.06. The third-order valence-corrected chi connectivity index (χ3v) is 2.98. The molecule has 0 aliphatic heterocycles. The zero-order valence-electron chi connectivity index (χ0n) is 10.4. The summed E-state index contributed by atoms with van der Waals surface area (Å²) in [6.45, 7) is 0.770. The summed E-state index contributed by atoms with van der Waals surface area (Å²) in [6.07, 6.45) is 4.75. The summed E-state index contributed by atoms with van der Waals surface area (Å²) in [5, 5.41) is 0. The Balaban J connectivity index is 1.89. The van der Waals surface area contributed by atoms with E-state index in [9.17, 15) is 0 Å². The summed E-state index contributed by atoms with van der Waals surface area (Å²) in [5.41, 5.74) is 7.29. The van der Waals surface area contributed by atoms with Gasteiger partial charge in [-0.25, -0.2) is 0 Å². The lowest BCUT2D eigenvalue weighted by atomic mass is 10.0. The van der Waals surface area contributed by atoms with Crippen molar-refractivity contribution in [2.75, 3.05) is 13.7 Å². The molecule has 2 rings (SSSR count). The van der Waals surface area contributed by atoms with E-state index >= 15 is 0 Å². The van der Waals surface area contributed by atoms with Crippen LogP contribution in [0, 0.1) is 0 Å². The molecule has 1 unspecified atom stereocenters. The van der Waals surface area contributed by atoms with Gasteiger partial charge in [0, 0.05) is 19.8 Å². The number of ether oxygens (including phenoxy) is 2. The number of nitrogens with two attached hydrogens (primary N) is 1. The van der Waals surface area contributed by atoms with Crippen molar-refractivity contribution in [3.8, 4) is 5.75 Å². The van der Waals surface area contributed by atoms with Gasteiger partial charge in [-0.05, 0) is 43.4 Å². The fraction of sp³-hybridized carbons (Fsp3) is 0.571. The average molecular weight is 235 g/mol. The van der Waals surface area contributed by atoms with Crippen molar-refractivity contribution in [1.82, 2.24) is 0 Å². The van der Waals surface area contributed by atoms with Crippen LogP contribution < -0.4 is 10.5 Å². The molecule has 17 heavy (non-hydrogen) atoms. The van der Waals surface area contributed by atoms with Gasteiger partial charge >= 0.3 is 0 Å². The van der Waals surface area contributed by atoms with Crippen molar-refractivity contribution >= 4 is 0 Å². The van der Waals surface area contributed by atoms with Gasteiger partial charge in [-0.15, -0.1) is 0 Å². The fourth-order valence-electron chi connectivity index (χ4n) is 1.81. The molecular formula is C14H21NO2. The SMILES string of the molecule is COCCCC(N)c1cccc(OC2CC2)c1. The van der Waals surface area contributed by atoms with Crippen molar-refractivity contribution in [3.63, 3.8) is 0 Å². The Morgan fingerprint density at radius 2 is 2.24 bits per heavy atom. The van der Waals surface area contributed by atoms with Gasteiger partial charge in [-0.1, -0.05) is 12.1 Å². The van der Waals surface area contributed by atoms with Crippen LogP contribution in [0.25, 0.3) is 0 Å². The van der Waals surface area contributed by atoms with Crippen LogP contribution in [0.2, 0.25) is 0 Å². The molecule has 3 heteroatoms. The quantitative estimate of drug-likeness (QED) is 0.739. The predicted molar refractivity (Wildman–Crippen MR) is 68.1 cm³/mol. The van der Waals surface area contributed by atoms with Gasteiger partial charge in [0.1, 0.15) is 5.75 Å². The molecule has 1 aliphatic rings. The number of methoxy groups -OCH3 is 1. The molecule has 2 N–H and O–H groups in total. The smallest absolute Gasteiger partial charge is 0.120 e. The van der Waals surface area contributed by atoms with Crippen LogP contribution in [0.5, 0.6) is 5.75 Å². The third kappa shape index (κ3) is 4.02. The molecule has 1 fully saturated rings. The first-order valence-electron chi connectivity index (χ1n) is 6.30. The largest absolute Gasteiger partial charge is 0.490 e. The van der Waals surface area contributed by atoms with E-state index in [1.807, 2.05) is 12.1 Å². The predicted octanol–water partition coefficient (Wildman–Crippen LogP) is 2.65. The highest BCUT2D eigenvalue weighted by Gasteiger charge is 2.23. The second-order valence-electron chi connectivity index (χ2n) is 4.63. The van der Waals surface area contributed by atoms with Gasteiger partial charge in [0.25, 0.3) is 0 Å². The van der Waals surface area contributed by atoms with Gasteiger partial charge in [0.05, 0.1) is 6.10 Å². The Bertz CT molecular complexity index is 350. The molecular weight excluding hydrogens is 214 g/mol. The molecule has 1 aromatic rings. The highest BCUT2D eigenvalue weighted by atomic mass is 16.5. The molecule has 0 radical (unpaired) electrons. The zero-order valence-corrected chi connectivity index (χ0v) is 10.4. The molecule has 0 heterocycles. The summed E-state index contributed by atoms with van der Waals surface area (Å²) in [6, 6.07) is 8.23. The van der Waals surface area contributed by atoms with Crippen LogP contribution in [0.15, 0.2) is 24.3 Å². The molecule has 1 saturated carbocycles. The second-order valence-corrected chi connectivity index (χ2v) is 4.63. The van der Waals surface area contributed by atoms with Gasteiger partial charge in [-0.2, -0.15) is 0 Å². The average Bonchev–Trinajstić information content (AvgIpc) is 3.13. The van der Waals surface area contributed by atoms with E-state index in [0.717, 1.165) is 30.8 Å². The van der Waals surface area contributed by atoms with Crippen LogP contribution in [0.1, 0.15) is 37.3 Å². The van der Waals surface area contributed by atoms with Gasteiger partial charge in [0.15, 0.2) is 0 Å². The standard InChI is InChI=1S/C14H21NO2/c1-16-9-3-6-14(15)11-4-2-5-13(10-11)17-12-7-8-12/h2,4-5,10,12,14H,3,6-9,15H2,1H3. The third-order valence-electron chi connectivity index (χ3n) is 2.98. The molecule has 0 saturated heterocycles. The summed E-state index contributed by atoms with van der Waals surface area (Å²) >= 11 is 0. The molecule has 0 bridgehead atoms. The molecule has 0 spiro atoms. The molecule has 1 atom stereocenters. The molecule has 3 nitrogen and oxygen atoms in total. The molecule has 94 valence electrons. The highest BCUT2D eigenvalue weighted by Crippen LogP contribution is 2.28. The van der Waals surface area contributed by atoms with E-state index in [1.54, 1.807) is 7.11 Å². The van der Waals surface area contributed by atoms with E-state index in [0.29, 0.717) is 6.10 Å². The fourth-order valence-corrected chi connectivity index (χ4v) is 1.81. The van der Waals surface area contributed by atoms with Crippen molar-refractivity contribution in [2.24, 2.45) is 5.73 Å². The number of hydrogen-bond acceptors (Lipinski definition) is 3. The summed E-state index contributed by atoms with van der Waals surface area (Å²) < 4.78 is 10.8.